The molecule has 2 aliphatic heterocycles. The van der Waals surface area contributed by atoms with Crippen LogP contribution < -0.4 is 0 Å². The van der Waals surface area contributed by atoms with Gasteiger partial charge >= 0.3 is 6.09 Å². The minimum Gasteiger partial charge on any atom is -0.444 e. The molecule has 0 unspecified atom stereocenters. The van der Waals surface area contributed by atoms with E-state index in [1.165, 1.54) is 5.56 Å². The maximum Gasteiger partial charge on any atom is 0.410 e. The fourth-order valence-electron chi connectivity index (χ4n) is 6.14. The zero-order chi connectivity index (χ0) is 29.6. The summed E-state index contributed by atoms with van der Waals surface area (Å²) in [6.45, 7) is 9.68. The first-order valence-corrected chi connectivity index (χ1v) is 14.6. The van der Waals surface area contributed by atoms with Crippen LogP contribution in [0.25, 0.3) is 22.2 Å². The molecule has 1 saturated heterocycles. The minimum absolute atomic E-state index is 0.0419. The van der Waals surface area contributed by atoms with Gasteiger partial charge in [0.05, 0.1) is 31.0 Å². The largest absolute Gasteiger partial charge is 0.444 e. The van der Waals surface area contributed by atoms with Gasteiger partial charge in [-0.15, -0.1) is 0 Å². The van der Waals surface area contributed by atoms with E-state index in [-0.39, 0.29) is 24.6 Å². The zero-order valence-corrected chi connectivity index (χ0v) is 24.7. The fraction of sp³-hybridized carbons (Fsp3) is 0.438. The Morgan fingerprint density at radius 1 is 1.14 bits per heavy atom. The van der Waals surface area contributed by atoms with Gasteiger partial charge in [0.25, 0.3) is 5.91 Å². The van der Waals surface area contributed by atoms with Gasteiger partial charge in [-0.1, -0.05) is 6.07 Å². The number of aliphatic hydroxyl groups excluding tert-OH is 1. The molecule has 42 heavy (non-hydrogen) atoms. The fourth-order valence-corrected chi connectivity index (χ4v) is 6.14. The molecule has 0 saturated carbocycles. The Kier molecular flexibility index (Phi) is 7.26. The second kappa shape index (κ2) is 10.9. The predicted octanol–water partition coefficient (Wildman–Crippen LogP) is 5.00. The van der Waals surface area contributed by atoms with Crippen LogP contribution in [0.3, 0.4) is 0 Å². The molecular formula is C32H38N6O4. The van der Waals surface area contributed by atoms with Crippen LogP contribution in [0.1, 0.15) is 72.3 Å². The van der Waals surface area contributed by atoms with E-state index >= 15 is 0 Å². The maximum atomic E-state index is 13.5. The molecule has 0 spiro atoms. The van der Waals surface area contributed by atoms with Crippen LogP contribution in [0.15, 0.2) is 43.0 Å². The number of nitrogens with zero attached hydrogens (tertiary/aromatic N) is 5. The normalized spacial score (nSPS) is 17.1. The highest BCUT2D eigenvalue weighted by Crippen LogP contribution is 2.40. The van der Waals surface area contributed by atoms with Gasteiger partial charge < -0.3 is 24.6 Å². The second-order valence-corrected chi connectivity index (χ2v) is 12.3. The summed E-state index contributed by atoms with van der Waals surface area (Å²) in [5.74, 6) is -0.0899. The number of H-pyrrole nitrogens is 1. The second-order valence-electron chi connectivity index (χ2n) is 12.3. The van der Waals surface area contributed by atoms with Crippen LogP contribution in [0.5, 0.6) is 0 Å². The van der Waals surface area contributed by atoms with E-state index in [1.807, 2.05) is 43.0 Å². The van der Waals surface area contributed by atoms with Crippen molar-refractivity contribution in [2.24, 2.45) is 0 Å². The number of nitrogens with one attached hydrogen (secondary N) is 1. The number of aliphatic hydroxyl groups is 1. The molecule has 4 aromatic rings. The van der Waals surface area contributed by atoms with Crippen LogP contribution in [0.4, 0.5) is 4.79 Å². The first-order chi connectivity index (χ1) is 20.1. The van der Waals surface area contributed by atoms with Crippen LogP contribution in [0, 0.1) is 6.92 Å². The zero-order valence-electron chi connectivity index (χ0n) is 24.7. The first-order valence-electron chi connectivity index (χ1n) is 14.6. The summed E-state index contributed by atoms with van der Waals surface area (Å²) in [5, 5.41) is 14.5. The van der Waals surface area contributed by atoms with Crippen LogP contribution in [-0.4, -0.2) is 72.0 Å². The van der Waals surface area contributed by atoms with E-state index in [9.17, 15) is 14.7 Å². The molecule has 6 rings (SSSR count). The maximum absolute atomic E-state index is 13.5. The molecule has 10 heteroatoms. The lowest BCUT2D eigenvalue weighted by molar-refractivity contribution is 0.0222. The number of hydrogen-bond donors (Lipinski definition) is 2. The molecule has 3 aromatic heterocycles. The molecule has 2 N–H and O–H groups in total. The van der Waals surface area contributed by atoms with Crippen molar-refractivity contribution in [3.8, 4) is 11.1 Å². The topological polar surface area (TPSA) is 117 Å². The molecule has 220 valence electrons. The number of amides is 2. The lowest BCUT2D eigenvalue weighted by Gasteiger charge is -2.34. The van der Waals surface area contributed by atoms with Crippen molar-refractivity contribution >= 4 is 23.0 Å². The summed E-state index contributed by atoms with van der Waals surface area (Å²) in [6, 6.07) is 6.42. The lowest BCUT2D eigenvalue weighted by atomic mass is 9.86. The number of aryl methyl sites for hydroxylation is 1. The third-order valence-electron chi connectivity index (χ3n) is 8.18. The molecule has 2 amide bonds. The van der Waals surface area contributed by atoms with E-state index < -0.39 is 5.60 Å². The molecule has 1 fully saturated rings. The van der Waals surface area contributed by atoms with Gasteiger partial charge in [-0.3, -0.25) is 9.48 Å². The van der Waals surface area contributed by atoms with Gasteiger partial charge in [0.15, 0.2) is 0 Å². The molecule has 0 radical (unpaired) electrons. The number of rotatable bonds is 5. The Labute approximate surface area is 245 Å². The summed E-state index contributed by atoms with van der Waals surface area (Å²) in [5.41, 5.74) is 7.32. The Balaban J connectivity index is 1.40. The highest BCUT2D eigenvalue weighted by atomic mass is 16.6. The average molecular weight is 571 g/mol. The predicted molar refractivity (Wildman–Crippen MR) is 159 cm³/mol. The van der Waals surface area contributed by atoms with Crippen molar-refractivity contribution < 1.29 is 19.4 Å². The molecule has 2 aliphatic rings. The van der Waals surface area contributed by atoms with Crippen LogP contribution in [0.2, 0.25) is 0 Å². The summed E-state index contributed by atoms with van der Waals surface area (Å²) >= 11 is 0. The van der Waals surface area contributed by atoms with E-state index in [0.29, 0.717) is 38.2 Å². The van der Waals surface area contributed by atoms with Crippen LogP contribution in [-0.2, 0) is 24.2 Å². The molecule has 10 nitrogen and oxygen atoms in total. The quantitative estimate of drug-likeness (QED) is 0.349. The number of carbonyl (C=O) groups is 2. The summed E-state index contributed by atoms with van der Waals surface area (Å²) in [7, 11) is 0. The van der Waals surface area contributed by atoms with Crippen molar-refractivity contribution in [3.05, 3.63) is 70.8 Å². The van der Waals surface area contributed by atoms with E-state index in [2.05, 4.69) is 40.2 Å². The number of likely N-dealkylation sites (tertiary alicyclic amines) is 1. The Morgan fingerprint density at radius 2 is 1.98 bits per heavy atom. The van der Waals surface area contributed by atoms with Gasteiger partial charge in [0.2, 0.25) is 0 Å². The van der Waals surface area contributed by atoms with Gasteiger partial charge in [0.1, 0.15) is 11.2 Å². The Hall–Kier alpha value is -4.18. The number of carbonyl (C=O) groups excluding carboxylic acids is 2. The highest BCUT2D eigenvalue weighted by Gasteiger charge is 2.36. The molecule has 1 aromatic carbocycles. The molecule has 0 aliphatic carbocycles. The van der Waals surface area contributed by atoms with E-state index in [1.54, 1.807) is 17.1 Å². The summed E-state index contributed by atoms with van der Waals surface area (Å²) < 4.78 is 7.39. The number of fused-ring (bicyclic) bond motifs is 2. The standard InChI is InChI=1S/C32H38N6O4/c1-20-15-33-29-25(20)14-23(16-34-29)22-12-21-7-9-36(30(40)24-17-35-37(18-24)10-11-39)19-27(21)26(13-22)28-6-5-8-38(28)31(41)42-32(2,3)4/h12-18,28,39H,5-11,19H2,1-4H3,(H,33,34)/t28-/m0/s1. The van der Waals surface area contributed by atoms with Gasteiger partial charge in [-0.25, -0.2) is 9.78 Å². The monoisotopic (exact) mass is 570 g/mol. The van der Waals surface area contributed by atoms with Gasteiger partial charge in [0, 0.05) is 49.2 Å². The lowest BCUT2D eigenvalue weighted by Crippen LogP contribution is -2.39. The average Bonchev–Trinajstić information content (AvgIpc) is 3.71. The number of hydrogen-bond acceptors (Lipinski definition) is 6. The summed E-state index contributed by atoms with van der Waals surface area (Å²) in [4.78, 5) is 38.5. The van der Waals surface area contributed by atoms with E-state index in [4.69, 9.17) is 4.74 Å². The van der Waals surface area contributed by atoms with Gasteiger partial charge in [-0.2, -0.15) is 5.10 Å². The number of aromatic amines is 1. The van der Waals surface area contributed by atoms with Crippen LogP contribution >= 0.6 is 0 Å². The minimum atomic E-state index is -0.593. The first kappa shape index (κ1) is 28.0. The highest BCUT2D eigenvalue weighted by molar-refractivity contribution is 5.94. The van der Waals surface area contributed by atoms with Crippen molar-refractivity contribution in [2.45, 2.75) is 71.7 Å². The van der Waals surface area contributed by atoms with Crippen molar-refractivity contribution in [3.63, 3.8) is 0 Å². The summed E-state index contributed by atoms with van der Waals surface area (Å²) in [6.07, 6.45) is 9.20. The smallest absolute Gasteiger partial charge is 0.410 e. The molecule has 0 bridgehead atoms. The van der Waals surface area contributed by atoms with Crippen molar-refractivity contribution in [1.29, 1.82) is 0 Å². The third-order valence-corrected chi connectivity index (χ3v) is 8.18. The van der Waals surface area contributed by atoms with Crippen molar-refractivity contribution in [2.75, 3.05) is 19.7 Å². The molecule has 5 heterocycles. The SMILES string of the molecule is Cc1c[nH]c2ncc(-c3cc4c(c([C@@H]5CCCN5C(=O)OC(C)(C)C)c3)CN(C(=O)c3cnn(CCO)c3)CC4)cc12. The van der Waals surface area contributed by atoms with E-state index in [0.717, 1.165) is 51.7 Å². The van der Waals surface area contributed by atoms with Crippen molar-refractivity contribution in [1.82, 2.24) is 29.5 Å². The number of ether oxygens (including phenoxy) is 1. The Morgan fingerprint density at radius 3 is 2.76 bits per heavy atom. The molecular weight excluding hydrogens is 532 g/mol. The number of pyridine rings is 1. The Bertz CT molecular complexity index is 1650. The number of aromatic nitrogens is 4. The van der Waals surface area contributed by atoms with Gasteiger partial charge in [-0.05, 0) is 86.9 Å². The molecule has 1 atom stereocenters. The number of benzene rings is 1. The third kappa shape index (κ3) is 5.38.